The van der Waals surface area contributed by atoms with Crippen LogP contribution in [0, 0.1) is 5.92 Å². The van der Waals surface area contributed by atoms with Crippen LogP contribution in [0.3, 0.4) is 0 Å². The largest absolute Gasteiger partial charge is 0.463 e. The fraction of sp³-hybridized carbons (Fsp3) is 0.471. The zero-order valence-electron chi connectivity index (χ0n) is 12.5. The van der Waals surface area contributed by atoms with Crippen LogP contribution in [-0.2, 0) is 9.53 Å². The summed E-state index contributed by atoms with van der Waals surface area (Å²) in [7, 11) is 0. The average molecular weight is 295 g/mol. The Kier molecular flexibility index (Phi) is 7.38. The number of hydrogen-bond acceptors (Lipinski definition) is 2. The first kappa shape index (κ1) is 16.8. The van der Waals surface area contributed by atoms with Gasteiger partial charge in [-0.05, 0) is 49.0 Å². The number of ether oxygens (including phenoxy) is 1. The summed E-state index contributed by atoms with van der Waals surface area (Å²) in [5, 5.41) is 0.700. The lowest BCUT2D eigenvalue weighted by atomic mass is 9.97. The van der Waals surface area contributed by atoms with E-state index >= 15 is 0 Å². The molecule has 0 saturated carbocycles. The molecular formula is C17H23ClO2. The highest BCUT2D eigenvalue weighted by Gasteiger charge is 2.07. The minimum atomic E-state index is -0.276. The van der Waals surface area contributed by atoms with Crippen molar-refractivity contribution in [2.75, 3.05) is 6.61 Å². The van der Waals surface area contributed by atoms with E-state index in [-0.39, 0.29) is 5.97 Å². The van der Waals surface area contributed by atoms with Crippen molar-refractivity contribution in [2.45, 2.75) is 40.0 Å². The highest BCUT2D eigenvalue weighted by Crippen LogP contribution is 2.23. The zero-order valence-corrected chi connectivity index (χ0v) is 13.2. The van der Waals surface area contributed by atoms with Crippen LogP contribution >= 0.6 is 11.6 Å². The molecule has 0 atom stereocenters. The molecule has 0 bridgehead atoms. The Hall–Kier alpha value is -1.28. The van der Waals surface area contributed by atoms with Crippen molar-refractivity contribution in [3.05, 3.63) is 40.9 Å². The van der Waals surface area contributed by atoms with E-state index in [4.69, 9.17) is 16.3 Å². The molecule has 0 heterocycles. The topological polar surface area (TPSA) is 26.3 Å². The summed E-state index contributed by atoms with van der Waals surface area (Å²) in [4.78, 5) is 11.7. The summed E-state index contributed by atoms with van der Waals surface area (Å²) < 4.78 is 5.00. The van der Waals surface area contributed by atoms with Gasteiger partial charge in [-0.15, -0.1) is 0 Å². The molecule has 0 aliphatic rings. The summed E-state index contributed by atoms with van der Waals surface area (Å²) in [5.74, 6) is 0.394. The Morgan fingerprint density at radius 1 is 1.30 bits per heavy atom. The number of halogens is 1. The molecule has 0 aromatic heterocycles. The summed E-state index contributed by atoms with van der Waals surface area (Å²) in [6.07, 6.45) is 4.69. The van der Waals surface area contributed by atoms with E-state index in [2.05, 4.69) is 13.8 Å². The molecule has 0 fully saturated rings. The minimum Gasteiger partial charge on any atom is -0.463 e. The molecule has 0 saturated heterocycles. The maximum Gasteiger partial charge on any atom is 0.331 e. The van der Waals surface area contributed by atoms with Gasteiger partial charge in [0.05, 0.1) is 6.61 Å². The second-order valence-electron chi connectivity index (χ2n) is 5.21. The van der Waals surface area contributed by atoms with E-state index in [1.165, 1.54) is 0 Å². The van der Waals surface area contributed by atoms with Gasteiger partial charge < -0.3 is 4.74 Å². The van der Waals surface area contributed by atoms with Gasteiger partial charge in [-0.1, -0.05) is 44.0 Å². The monoisotopic (exact) mass is 294 g/mol. The lowest BCUT2D eigenvalue weighted by Gasteiger charge is -2.10. The number of carbonyl (C=O) groups is 1. The number of carbonyl (C=O) groups excluding carboxylic acids is 1. The Morgan fingerprint density at radius 2 is 1.95 bits per heavy atom. The normalized spacial score (nSPS) is 11.8. The SMILES string of the molecule is CCOC(=O)/C=C(\CCCC(C)C)c1ccc(Cl)cc1. The molecule has 0 aliphatic carbocycles. The summed E-state index contributed by atoms with van der Waals surface area (Å²) in [6.45, 7) is 6.62. The predicted octanol–water partition coefficient (Wildman–Crippen LogP) is 5.11. The summed E-state index contributed by atoms with van der Waals surface area (Å²) in [6, 6.07) is 7.59. The van der Waals surface area contributed by atoms with Gasteiger partial charge in [0.2, 0.25) is 0 Å². The molecule has 3 heteroatoms. The molecule has 0 aliphatic heterocycles. The molecule has 1 aromatic rings. The first-order valence-corrected chi connectivity index (χ1v) is 7.54. The molecule has 20 heavy (non-hydrogen) atoms. The highest BCUT2D eigenvalue weighted by atomic mass is 35.5. The smallest absolute Gasteiger partial charge is 0.331 e. The molecule has 0 spiro atoms. The van der Waals surface area contributed by atoms with Crippen LogP contribution in [0.2, 0.25) is 5.02 Å². The summed E-state index contributed by atoms with van der Waals surface area (Å²) >= 11 is 5.91. The van der Waals surface area contributed by atoms with Crippen LogP contribution in [0.1, 0.15) is 45.6 Å². The lowest BCUT2D eigenvalue weighted by molar-refractivity contribution is -0.137. The Labute approximate surface area is 126 Å². The molecule has 2 nitrogen and oxygen atoms in total. The van der Waals surface area contributed by atoms with E-state index in [0.29, 0.717) is 17.5 Å². The number of hydrogen-bond donors (Lipinski definition) is 0. The van der Waals surface area contributed by atoms with Gasteiger partial charge >= 0.3 is 5.97 Å². The predicted molar refractivity (Wildman–Crippen MR) is 84.8 cm³/mol. The highest BCUT2D eigenvalue weighted by molar-refractivity contribution is 6.30. The van der Waals surface area contributed by atoms with Crippen molar-refractivity contribution in [1.29, 1.82) is 0 Å². The standard InChI is InChI=1S/C17H23ClO2/c1-4-20-17(19)12-15(7-5-6-13(2)3)14-8-10-16(18)11-9-14/h8-13H,4-7H2,1-3H3/b15-12+. The van der Waals surface area contributed by atoms with Gasteiger partial charge in [-0.3, -0.25) is 0 Å². The number of benzene rings is 1. The van der Waals surface area contributed by atoms with Crippen LogP contribution in [0.5, 0.6) is 0 Å². The van der Waals surface area contributed by atoms with Gasteiger partial charge in [0.1, 0.15) is 0 Å². The number of allylic oxidation sites excluding steroid dienone is 1. The van der Waals surface area contributed by atoms with E-state index in [1.807, 2.05) is 31.2 Å². The fourth-order valence-electron chi connectivity index (χ4n) is 1.99. The van der Waals surface area contributed by atoms with Gasteiger partial charge in [-0.25, -0.2) is 4.79 Å². The number of esters is 1. The molecule has 0 amide bonds. The minimum absolute atomic E-state index is 0.276. The Balaban J connectivity index is 2.83. The molecule has 0 N–H and O–H groups in total. The van der Waals surface area contributed by atoms with Crippen LogP contribution in [0.15, 0.2) is 30.3 Å². The summed E-state index contributed by atoms with van der Waals surface area (Å²) in [5.41, 5.74) is 2.05. The Morgan fingerprint density at radius 3 is 2.50 bits per heavy atom. The second kappa shape index (κ2) is 8.80. The van der Waals surface area contributed by atoms with E-state index in [1.54, 1.807) is 6.08 Å². The van der Waals surface area contributed by atoms with Crippen molar-refractivity contribution >= 4 is 23.1 Å². The van der Waals surface area contributed by atoms with Crippen molar-refractivity contribution in [1.82, 2.24) is 0 Å². The fourth-order valence-corrected chi connectivity index (χ4v) is 2.12. The van der Waals surface area contributed by atoms with Crippen LogP contribution in [0.4, 0.5) is 0 Å². The first-order valence-electron chi connectivity index (χ1n) is 7.16. The third-order valence-electron chi connectivity index (χ3n) is 3.02. The van der Waals surface area contributed by atoms with Gasteiger partial charge in [0.15, 0.2) is 0 Å². The average Bonchev–Trinajstić information content (AvgIpc) is 2.38. The van der Waals surface area contributed by atoms with E-state index in [9.17, 15) is 4.79 Å². The quantitative estimate of drug-likeness (QED) is 0.516. The van der Waals surface area contributed by atoms with Crippen molar-refractivity contribution in [3.8, 4) is 0 Å². The molecule has 1 aromatic carbocycles. The number of rotatable bonds is 7. The van der Waals surface area contributed by atoms with Crippen molar-refractivity contribution in [3.63, 3.8) is 0 Å². The van der Waals surface area contributed by atoms with Crippen LogP contribution in [-0.4, -0.2) is 12.6 Å². The van der Waals surface area contributed by atoms with Crippen LogP contribution in [0.25, 0.3) is 5.57 Å². The van der Waals surface area contributed by atoms with Crippen molar-refractivity contribution < 1.29 is 9.53 Å². The van der Waals surface area contributed by atoms with E-state index in [0.717, 1.165) is 30.4 Å². The maximum absolute atomic E-state index is 11.7. The third-order valence-corrected chi connectivity index (χ3v) is 3.27. The zero-order chi connectivity index (χ0) is 15.0. The van der Waals surface area contributed by atoms with Gasteiger partial charge in [0, 0.05) is 11.1 Å². The molecule has 110 valence electrons. The lowest BCUT2D eigenvalue weighted by Crippen LogP contribution is -2.01. The van der Waals surface area contributed by atoms with Crippen molar-refractivity contribution in [2.24, 2.45) is 5.92 Å². The van der Waals surface area contributed by atoms with Gasteiger partial charge in [0.25, 0.3) is 0 Å². The van der Waals surface area contributed by atoms with E-state index < -0.39 is 0 Å². The maximum atomic E-state index is 11.7. The third kappa shape index (κ3) is 6.25. The van der Waals surface area contributed by atoms with Gasteiger partial charge in [-0.2, -0.15) is 0 Å². The first-order chi connectivity index (χ1) is 9.52. The Bertz CT molecular complexity index is 447. The molecular weight excluding hydrogens is 272 g/mol. The molecule has 0 radical (unpaired) electrons. The molecule has 0 unspecified atom stereocenters. The molecule has 1 rings (SSSR count). The van der Waals surface area contributed by atoms with Crippen LogP contribution < -0.4 is 0 Å². The second-order valence-corrected chi connectivity index (χ2v) is 5.65.